The maximum atomic E-state index is 6.22. The van der Waals surface area contributed by atoms with Gasteiger partial charge in [0.25, 0.3) is 0 Å². The molecule has 4 atom stereocenters. The van der Waals surface area contributed by atoms with E-state index in [0.717, 1.165) is 36.3 Å². The van der Waals surface area contributed by atoms with Gasteiger partial charge in [-0.25, -0.2) is 0 Å². The number of aryl methyl sites for hydroxylation is 1. The molecule has 196 valence electrons. The highest BCUT2D eigenvalue weighted by molar-refractivity contribution is 6.42. The molecule has 0 bridgehead atoms. The van der Waals surface area contributed by atoms with Crippen molar-refractivity contribution in [2.24, 2.45) is 11.5 Å². The molecule has 0 heterocycles. The van der Waals surface area contributed by atoms with Gasteiger partial charge < -0.3 is 11.5 Å². The Morgan fingerprint density at radius 2 is 0.974 bits per heavy atom. The van der Waals surface area contributed by atoms with Crippen LogP contribution in [0.25, 0.3) is 0 Å². The molecule has 0 fully saturated rings. The van der Waals surface area contributed by atoms with Crippen molar-refractivity contribution in [2.45, 2.75) is 56.5 Å². The fourth-order valence-corrected chi connectivity index (χ4v) is 6.38. The summed E-state index contributed by atoms with van der Waals surface area (Å²) in [5, 5.41) is 2.06. The second kappa shape index (κ2) is 11.8. The Labute approximate surface area is 240 Å². The third-order valence-corrected chi connectivity index (χ3v) is 9.17. The Kier molecular flexibility index (Phi) is 8.47. The average Bonchev–Trinajstić information content (AvgIpc) is 2.93. The largest absolute Gasteiger partial charge is 0.324 e. The fraction of sp³-hybridized carbons (Fsp3) is 0.273. The van der Waals surface area contributed by atoms with E-state index in [1.807, 2.05) is 18.2 Å². The van der Waals surface area contributed by atoms with Gasteiger partial charge in [0.05, 0.1) is 10.0 Å². The first-order chi connectivity index (χ1) is 18.3. The van der Waals surface area contributed by atoms with E-state index in [0.29, 0.717) is 21.9 Å². The molecular formula is C33H33Cl3N2. The monoisotopic (exact) mass is 562 g/mol. The van der Waals surface area contributed by atoms with E-state index in [4.69, 9.17) is 46.3 Å². The van der Waals surface area contributed by atoms with Crippen molar-refractivity contribution in [1.82, 2.24) is 0 Å². The van der Waals surface area contributed by atoms with Crippen molar-refractivity contribution in [3.63, 3.8) is 0 Å². The second-order valence-electron chi connectivity index (χ2n) is 10.4. The molecular weight excluding hydrogens is 531 g/mol. The summed E-state index contributed by atoms with van der Waals surface area (Å²) in [5.74, 6) is 0.817. The molecule has 2 nitrogen and oxygen atoms in total. The van der Waals surface area contributed by atoms with E-state index in [1.165, 1.54) is 33.4 Å². The van der Waals surface area contributed by atoms with Crippen molar-refractivity contribution in [2.75, 3.05) is 0 Å². The van der Waals surface area contributed by atoms with Gasteiger partial charge in [0, 0.05) is 28.9 Å². The number of nitrogens with two attached hydrogens (primary N) is 2. The van der Waals surface area contributed by atoms with Gasteiger partial charge in [0.15, 0.2) is 0 Å². The van der Waals surface area contributed by atoms with Gasteiger partial charge in [0.2, 0.25) is 0 Å². The minimum absolute atomic E-state index is 0.148. The summed E-state index contributed by atoms with van der Waals surface area (Å²) in [4.78, 5) is 0. The van der Waals surface area contributed by atoms with Crippen LogP contribution in [0.15, 0.2) is 84.9 Å². The molecule has 0 spiro atoms. The maximum Gasteiger partial charge on any atom is 0.0595 e. The molecule has 4 aromatic rings. The third kappa shape index (κ3) is 5.66. The lowest BCUT2D eigenvalue weighted by Gasteiger charge is -2.30. The van der Waals surface area contributed by atoms with Crippen LogP contribution < -0.4 is 11.5 Å². The predicted octanol–water partition coefficient (Wildman–Crippen LogP) is 9.49. The standard InChI is InChI=1S/C17H18ClN.C16H15Cl2N/c1-11-10-12(6-8-16(11)18)13-7-9-17(19)15-5-3-2-4-14(13)15;17-14-7-5-10(9-15(14)18)11-6-8-16(19)13-4-2-1-3-12(11)13/h2-6,8,10,13,17H,7,9,19H2,1H3;1-5,7,9,11,16H,6,8,19H2/t13?,17-;11-,16+/m00/s1. The van der Waals surface area contributed by atoms with E-state index in [1.54, 1.807) is 0 Å². The smallest absolute Gasteiger partial charge is 0.0595 e. The van der Waals surface area contributed by atoms with Crippen LogP contribution in [0.2, 0.25) is 15.1 Å². The highest BCUT2D eigenvalue weighted by atomic mass is 35.5. The Morgan fingerprint density at radius 3 is 1.45 bits per heavy atom. The number of rotatable bonds is 2. The number of hydrogen-bond donors (Lipinski definition) is 2. The molecule has 4 aromatic carbocycles. The maximum absolute atomic E-state index is 6.22. The first kappa shape index (κ1) is 27.2. The van der Waals surface area contributed by atoms with Crippen LogP contribution in [-0.2, 0) is 0 Å². The minimum atomic E-state index is 0.148. The minimum Gasteiger partial charge on any atom is -0.324 e. The zero-order valence-corrected chi connectivity index (χ0v) is 23.8. The van der Waals surface area contributed by atoms with Crippen LogP contribution in [0.5, 0.6) is 0 Å². The molecule has 0 saturated carbocycles. The SMILES string of the molecule is Cc1cc(C2CC[C@H](N)c3ccccc32)ccc1Cl.N[C@@H]1CC[C@@H](c2ccc(Cl)c(Cl)c2)c2ccccc21. The Bertz CT molecular complexity index is 1320. The molecule has 0 aliphatic heterocycles. The molecule has 2 aliphatic carbocycles. The number of hydrogen-bond acceptors (Lipinski definition) is 2. The topological polar surface area (TPSA) is 52.0 Å². The van der Waals surface area contributed by atoms with Crippen LogP contribution in [-0.4, -0.2) is 0 Å². The molecule has 1 unspecified atom stereocenters. The van der Waals surface area contributed by atoms with Crippen LogP contribution in [0.1, 0.15) is 88.5 Å². The average molecular weight is 564 g/mol. The van der Waals surface area contributed by atoms with Crippen molar-refractivity contribution < 1.29 is 0 Å². The molecule has 0 aromatic heterocycles. The first-order valence-electron chi connectivity index (χ1n) is 13.2. The first-order valence-corrected chi connectivity index (χ1v) is 14.4. The summed E-state index contributed by atoms with van der Waals surface area (Å²) in [6, 6.07) is 29.6. The van der Waals surface area contributed by atoms with Crippen molar-refractivity contribution in [1.29, 1.82) is 0 Å². The third-order valence-electron chi connectivity index (χ3n) is 8.00. The van der Waals surface area contributed by atoms with Gasteiger partial charge in [-0.15, -0.1) is 0 Å². The molecule has 38 heavy (non-hydrogen) atoms. The van der Waals surface area contributed by atoms with Crippen molar-refractivity contribution in [3.05, 3.63) is 139 Å². The lowest BCUT2D eigenvalue weighted by molar-refractivity contribution is 0.530. The van der Waals surface area contributed by atoms with E-state index in [-0.39, 0.29) is 12.1 Å². The van der Waals surface area contributed by atoms with Gasteiger partial charge in [-0.2, -0.15) is 0 Å². The van der Waals surface area contributed by atoms with Gasteiger partial charge in [-0.05, 0) is 89.8 Å². The Balaban J connectivity index is 0.000000155. The summed E-state index contributed by atoms with van der Waals surface area (Å²) >= 11 is 18.2. The molecule has 0 radical (unpaired) electrons. The molecule has 5 heteroatoms. The zero-order chi connectivity index (χ0) is 26.8. The van der Waals surface area contributed by atoms with Crippen LogP contribution in [0, 0.1) is 6.92 Å². The van der Waals surface area contributed by atoms with E-state index < -0.39 is 0 Å². The Morgan fingerprint density at radius 1 is 0.526 bits per heavy atom. The summed E-state index contributed by atoms with van der Waals surface area (Å²) < 4.78 is 0. The van der Waals surface area contributed by atoms with Gasteiger partial charge in [-0.3, -0.25) is 0 Å². The summed E-state index contributed by atoms with van der Waals surface area (Å²) in [6.07, 6.45) is 4.21. The lowest BCUT2D eigenvalue weighted by Crippen LogP contribution is -2.21. The molecule has 2 aliphatic rings. The summed E-state index contributed by atoms with van der Waals surface area (Å²) in [5.41, 5.74) is 21.4. The number of fused-ring (bicyclic) bond motifs is 2. The van der Waals surface area contributed by atoms with Gasteiger partial charge in [0.1, 0.15) is 0 Å². The van der Waals surface area contributed by atoms with E-state index >= 15 is 0 Å². The van der Waals surface area contributed by atoms with Gasteiger partial charge >= 0.3 is 0 Å². The van der Waals surface area contributed by atoms with Gasteiger partial charge in [-0.1, -0.05) is 102 Å². The zero-order valence-electron chi connectivity index (χ0n) is 21.5. The number of benzene rings is 4. The highest BCUT2D eigenvalue weighted by Crippen LogP contribution is 2.42. The molecule has 0 saturated heterocycles. The van der Waals surface area contributed by atoms with Crippen molar-refractivity contribution in [3.8, 4) is 0 Å². The van der Waals surface area contributed by atoms with Crippen molar-refractivity contribution >= 4 is 34.8 Å². The normalized spacial score (nSPS) is 22.1. The fourth-order valence-electron chi connectivity index (χ4n) is 5.95. The lowest BCUT2D eigenvalue weighted by atomic mass is 9.77. The molecule has 4 N–H and O–H groups in total. The van der Waals surface area contributed by atoms with Crippen LogP contribution in [0.3, 0.4) is 0 Å². The Hall–Kier alpha value is -2.33. The summed E-state index contributed by atoms with van der Waals surface area (Å²) in [6.45, 7) is 2.06. The van der Waals surface area contributed by atoms with E-state index in [9.17, 15) is 0 Å². The quantitative estimate of drug-likeness (QED) is 0.255. The van der Waals surface area contributed by atoms with Crippen LogP contribution >= 0.6 is 34.8 Å². The predicted molar refractivity (Wildman–Crippen MR) is 162 cm³/mol. The molecule has 0 amide bonds. The second-order valence-corrected chi connectivity index (χ2v) is 11.6. The summed E-state index contributed by atoms with van der Waals surface area (Å²) in [7, 11) is 0. The highest BCUT2D eigenvalue weighted by Gasteiger charge is 2.27. The van der Waals surface area contributed by atoms with E-state index in [2.05, 4.69) is 73.7 Å². The molecule has 6 rings (SSSR count). The van der Waals surface area contributed by atoms with Crippen LogP contribution in [0.4, 0.5) is 0 Å². The number of halogens is 3.